The van der Waals surface area contributed by atoms with Crippen molar-refractivity contribution in [3.63, 3.8) is 0 Å². The molecule has 0 fully saturated rings. The van der Waals surface area contributed by atoms with Crippen LogP contribution in [0.1, 0.15) is 42.3 Å². The number of imidazole rings is 1. The Morgan fingerprint density at radius 2 is 1.70 bits per heavy atom. The third-order valence-electron chi connectivity index (χ3n) is 5.41. The number of benzene rings is 3. The van der Waals surface area contributed by atoms with E-state index in [-0.39, 0.29) is 0 Å². The second-order valence-electron chi connectivity index (χ2n) is 7.89. The Labute approximate surface area is 178 Å². The highest BCUT2D eigenvalue weighted by Gasteiger charge is 2.13. The third kappa shape index (κ3) is 4.30. The van der Waals surface area contributed by atoms with Crippen LogP contribution in [0, 0.1) is 0 Å². The van der Waals surface area contributed by atoms with Crippen LogP contribution in [0.4, 0.5) is 0 Å². The molecule has 0 spiro atoms. The van der Waals surface area contributed by atoms with Crippen LogP contribution in [0.25, 0.3) is 11.0 Å². The van der Waals surface area contributed by atoms with Gasteiger partial charge in [0.1, 0.15) is 18.2 Å². The highest BCUT2D eigenvalue weighted by molar-refractivity contribution is 5.76. The zero-order chi connectivity index (χ0) is 20.9. The van der Waals surface area contributed by atoms with Gasteiger partial charge < -0.3 is 9.30 Å². The number of allylic oxidation sites excluding steroid dienone is 1. The number of hydrogen-bond donors (Lipinski definition) is 0. The summed E-state index contributed by atoms with van der Waals surface area (Å²) in [6.07, 6.45) is 2.69. The Bertz CT molecular complexity index is 1140. The van der Waals surface area contributed by atoms with Crippen molar-refractivity contribution >= 4 is 11.0 Å². The number of rotatable bonds is 8. The molecule has 4 aromatic rings. The van der Waals surface area contributed by atoms with Gasteiger partial charge in [-0.25, -0.2) is 4.98 Å². The molecule has 0 bridgehead atoms. The molecule has 0 aliphatic carbocycles. The predicted molar refractivity (Wildman–Crippen MR) is 124 cm³/mol. The van der Waals surface area contributed by atoms with E-state index in [2.05, 4.69) is 73.5 Å². The lowest BCUT2D eigenvalue weighted by atomic mass is 10.0. The van der Waals surface area contributed by atoms with E-state index in [9.17, 15) is 0 Å². The summed E-state index contributed by atoms with van der Waals surface area (Å²) in [5.74, 6) is 2.35. The lowest BCUT2D eigenvalue weighted by molar-refractivity contribution is 0.289. The van der Waals surface area contributed by atoms with Gasteiger partial charge in [-0.1, -0.05) is 74.5 Å². The van der Waals surface area contributed by atoms with E-state index >= 15 is 0 Å². The van der Waals surface area contributed by atoms with E-state index in [4.69, 9.17) is 9.72 Å². The molecule has 0 saturated heterocycles. The van der Waals surface area contributed by atoms with Crippen LogP contribution >= 0.6 is 0 Å². The lowest BCUT2D eigenvalue weighted by Gasteiger charge is -2.13. The van der Waals surface area contributed by atoms with Crippen LogP contribution in [-0.4, -0.2) is 9.55 Å². The number of aromatic nitrogens is 2. The molecule has 3 nitrogen and oxygen atoms in total. The molecule has 0 aliphatic heterocycles. The lowest BCUT2D eigenvalue weighted by Crippen LogP contribution is -2.09. The van der Waals surface area contributed by atoms with E-state index in [0.29, 0.717) is 12.5 Å². The van der Waals surface area contributed by atoms with Gasteiger partial charge in [0.25, 0.3) is 0 Å². The van der Waals surface area contributed by atoms with Gasteiger partial charge in [0, 0.05) is 6.54 Å². The molecule has 30 heavy (non-hydrogen) atoms. The Morgan fingerprint density at radius 3 is 2.47 bits per heavy atom. The molecule has 4 rings (SSSR count). The Morgan fingerprint density at radius 1 is 0.967 bits per heavy atom. The van der Waals surface area contributed by atoms with Crippen LogP contribution in [-0.2, 0) is 19.6 Å². The topological polar surface area (TPSA) is 27.1 Å². The number of para-hydroxylation sites is 3. The molecule has 0 N–H and O–H groups in total. The first-order valence-electron chi connectivity index (χ1n) is 10.5. The van der Waals surface area contributed by atoms with Gasteiger partial charge in [0.2, 0.25) is 0 Å². The quantitative estimate of drug-likeness (QED) is 0.317. The van der Waals surface area contributed by atoms with E-state index < -0.39 is 0 Å². The number of fused-ring (bicyclic) bond motifs is 1. The molecule has 3 heteroatoms. The van der Waals surface area contributed by atoms with E-state index in [1.54, 1.807) is 0 Å². The van der Waals surface area contributed by atoms with Gasteiger partial charge in [-0.3, -0.25) is 0 Å². The first kappa shape index (κ1) is 20.0. The van der Waals surface area contributed by atoms with Crippen molar-refractivity contribution in [1.29, 1.82) is 0 Å². The average molecular weight is 397 g/mol. The maximum Gasteiger partial charge on any atom is 0.148 e. The number of ether oxygens (including phenoxy) is 1. The van der Waals surface area contributed by atoms with Crippen molar-refractivity contribution in [2.75, 3.05) is 0 Å². The summed E-state index contributed by atoms with van der Waals surface area (Å²) < 4.78 is 8.46. The molecular formula is C27H28N2O. The van der Waals surface area contributed by atoms with Crippen molar-refractivity contribution in [1.82, 2.24) is 9.55 Å². The largest absolute Gasteiger partial charge is 0.485 e. The summed E-state index contributed by atoms with van der Waals surface area (Å²) in [4.78, 5) is 4.86. The molecular weight excluding hydrogens is 368 g/mol. The zero-order valence-electron chi connectivity index (χ0n) is 17.7. The Hall–Kier alpha value is -3.33. The van der Waals surface area contributed by atoms with Crippen molar-refractivity contribution in [3.8, 4) is 5.75 Å². The fourth-order valence-corrected chi connectivity index (χ4v) is 3.71. The van der Waals surface area contributed by atoms with Gasteiger partial charge in [-0.05, 0) is 47.2 Å². The summed E-state index contributed by atoms with van der Waals surface area (Å²) in [6, 6.07) is 25.3. The smallest absolute Gasteiger partial charge is 0.148 e. The molecule has 1 aromatic heterocycles. The predicted octanol–water partition coefficient (Wildman–Crippen LogP) is 6.52. The van der Waals surface area contributed by atoms with Crippen LogP contribution in [0.15, 0.2) is 85.5 Å². The van der Waals surface area contributed by atoms with Crippen LogP contribution in [0.3, 0.4) is 0 Å². The molecule has 152 valence electrons. The zero-order valence-corrected chi connectivity index (χ0v) is 17.7. The van der Waals surface area contributed by atoms with Crippen LogP contribution < -0.4 is 4.74 Å². The molecule has 0 unspecified atom stereocenters. The summed E-state index contributed by atoms with van der Waals surface area (Å²) in [5.41, 5.74) is 5.88. The third-order valence-corrected chi connectivity index (χ3v) is 5.41. The Balaban J connectivity index is 1.63. The highest BCUT2D eigenvalue weighted by atomic mass is 16.5. The van der Waals surface area contributed by atoms with E-state index in [1.807, 2.05) is 30.3 Å². The first-order valence-corrected chi connectivity index (χ1v) is 10.5. The normalized spacial score (nSPS) is 11.2. The summed E-state index contributed by atoms with van der Waals surface area (Å²) >= 11 is 0. The van der Waals surface area contributed by atoms with E-state index in [1.165, 1.54) is 11.1 Å². The molecule has 0 saturated carbocycles. The van der Waals surface area contributed by atoms with Gasteiger partial charge in [-0.15, -0.1) is 6.58 Å². The van der Waals surface area contributed by atoms with Crippen molar-refractivity contribution in [2.24, 2.45) is 0 Å². The van der Waals surface area contributed by atoms with Gasteiger partial charge in [0.05, 0.1) is 11.0 Å². The number of hydrogen-bond acceptors (Lipinski definition) is 2. The summed E-state index contributed by atoms with van der Waals surface area (Å²) in [6.45, 7) is 9.48. The number of nitrogens with zero attached hydrogens (tertiary/aromatic N) is 2. The maximum atomic E-state index is 6.20. The molecule has 0 radical (unpaired) electrons. The van der Waals surface area contributed by atoms with Gasteiger partial charge in [0.15, 0.2) is 0 Å². The standard InChI is InChI=1S/C27H28N2O/c1-4-9-23-10-5-8-13-26(23)30-19-27-28-24-11-6-7-12-25(24)29(27)18-21-14-16-22(17-15-21)20(2)3/h4-8,10-17,20H,1,9,18-19H2,2-3H3. The second kappa shape index (κ2) is 9.00. The minimum absolute atomic E-state index is 0.424. The van der Waals surface area contributed by atoms with Gasteiger partial charge in [-0.2, -0.15) is 0 Å². The molecule has 1 heterocycles. The molecule has 3 aromatic carbocycles. The molecule has 0 amide bonds. The second-order valence-corrected chi connectivity index (χ2v) is 7.89. The molecule has 0 aliphatic rings. The highest BCUT2D eigenvalue weighted by Crippen LogP contribution is 2.23. The SMILES string of the molecule is C=CCc1ccccc1OCc1nc2ccccc2n1Cc1ccc(C(C)C)cc1. The van der Waals surface area contributed by atoms with Crippen molar-refractivity contribution in [2.45, 2.75) is 39.3 Å². The monoisotopic (exact) mass is 396 g/mol. The van der Waals surface area contributed by atoms with Crippen molar-refractivity contribution < 1.29 is 4.74 Å². The summed E-state index contributed by atoms with van der Waals surface area (Å²) in [7, 11) is 0. The first-order chi connectivity index (χ1) is 14.7. The fraction of sp³-hybridized carbons (Fsp3) is 0.222. The van der Waals surface area contributed by atoms with Crippen LogP contribution in [0.5, 0.6) is 5.75 Å². The minimum Gasteiger partial charge on any atom is -0.485 e. The van der Waals surface area contributed by atoms with Crippen molar-refractivity contribution in [3.05, 3.63) is 108 Å². The average Bonchev–Trinajstić information content (AvgIpc) is 3.11. The summed E-state index contributed by atoms with van der Waals surface area (Å²) in [5, 5.41) is 0. The minimum atomic E-state index is 0.424. The molecule has 0 atom stereocenters. The fourth-order valence-electron chi connectivity index (χ4n) is 3.71. The van der Waals surface area contributed by atoms with Gasteiger partial charge >= 0.3 is 0 Å². The Kier molecular flexibility index (Phi) is 5.99. The van der Waals surface area contributed by atoms with E-state index in [0.717, 1.165) is 41.1 Å². The van der Waals surface area contributed by atoms with Crippen LogP contribution in [0.2, 0.25) is 0 Å². The maximum absolute atomic E-state index is 6.20.